The average molecular weight is 500 g/mol. The van der Waals surface area contributed by atoms with Crippen LogP contribution in [-0.4, -0.2) is 45.2 Å². The van der Waals surface area contributed by atoms with Crippen molar-refractivity contribution in [3.05, 3.63) is 29.6 Å². The van der Waals surface area contributed by atoms with Crippen LogP contribution in [-0.2, 0) is 9.53 Å². The number of benzene rings is 1. The van der Waals surface area contributed by atoms with Gasteiger partial charge in [-0.05, 0) is 37.3 Å². The third kappa shape index (κ3) is 8.33. The largest absolute Gasteiger partial charge is 0.381 e. The van der Waals surface area contributed by atoms with Crippen LogP contribution in [0.25, 0.3) is 0 Å². The number of ether oxygens (including phenoxy) is 1. The first-order valence-electron chi connectivity index (χ1n) is 8.47. The highest BCUT2D eigenvalue weighted by Gasteiger charge is 2.20. The summed E-state index contributed by atoms with van der Waals surface area (Å²) in [4.78, 5) is 15.8. The topological polar surface area (TPSA) is 74.8 Å². The molecule has 0 spiro atoms. The second-order valence-corrected chi connectivity index (χ2v) is 6.00. The van der Waals surface area contributed by atoms with Gasteiger partial charge in [0.1, 0.15) is 0 Å². The minimum absolute atomic E-state index is 0. The van der Waals surface area contributed by atoms with Crippen LogP contribution in [0.4, 0.5) is 18.9 Å². The molecule has 0 unspecified atom stereocenters. The monoisotopic (exact) mass is 500 g/mol. The molecule has 1 saturated carbocycles. The number of amides is 1. The zero-order valence-electron chi connectivity index (χ0n) is 15.0. The molecule has 1 aliphatic rings. The highest BCUT2D eigenvalue weighted by Crippen LogP contribution is 2.28. The molecule has 0 heterocycles. The Morgan fingerprint density at radius 2 is 1.96 bits per heavy atom. The summed E-state index contributed by atoms with van der Waals surface area (Å²) < 4.78 is 45.0. The van der Waals surface area contributed by atoms with Crippen molar-refractivity contribution in [3.8, 4) is 0 Å². The van der Waals surface area contributed by atoms with E-state index >= 15 is 0 Å². The van der Waals surface area contributed by atoms with E-state index in [-0.39, 0.29) is 30.5 Å². The summed E-state index contributed by atoms with van der Waals surface area (Å²) in [5, 5.41) is 7.94. The molecule has 0 atom stereocenters. The molecule has 1 aromatic rings. The van der Waals surface area contributed by atoms with E-state index in [1.165, 1.54) is 12.8 Å². The molecule has 1 aliphatic carbocycles. The van der Waals surface area contributed by atoms with Crippen molar-refractivity contribution >= 4 is 41.5 Å². The second-order valence-electron chi connectivity index (χ2n) is 6.00. The maximum Gasteiger partial charge on any atom is 0.243 e. The van der Waals surface area contributed by atoms with Gasteiger partial charge < -0.3 is 20.7 Å². The Balaban J connectivity index is 0.00000364. The maximum absolute atomic E-state index is 13.5. The summed E-state index contributed by atoms with van der Waals surface area (Å²) in [6, 6.07) is 1.70. The van der Waals surface area contributed by atoms with Crippen LogP contribution in [0.5, 0.6) is 0 Å². The number of hydrogen-bond acceptors (Lipinski definition) is 3. The standard InChI is InChI=1S/C17H23F3N4O2.HI/c1-21-17(22-7-2-8-26-10-11-3-4-11)23-9-14(25)24-13-6-5-12(18)15(19)16(13)20;/h5-6,11H,2-4,7-10H2,1H3,(H,24,25)(H2,21,22,23);1H. The van der Waals surface area contributed by atoms with Crippen molar-refractivity contribution in [2.45, 2.75) is 19.3 Å². The van der Waals surface area contributed by atoms with E-state index in [1.54, 1.807) is 7.05 Å². The Hall–Kier alpha value is -1.56. The molecular weight excluding hydrogens is 476 g/mol. The van der Waals surface area contributed by atoms with Gasteiger partial charge in [-0.15, -0.1) is 24.0 Å². The molecule has 152 valence electrons. The van der Waals surface area contributed by atoms with Crippen molar-refractivity contribution in [2.75, 3.05) is 38.7 Å². The van der Waals surface area contributed by atoms with Gasteiger partial charge in [-0.2, -0.15) is 0 Å². The van der Waals surface area contributed by atoms with Crippen molar-refractivity contribution in [1.82, 2.24) is 10.6 Å². The number of aliphatic imine (C=N–C) groups is 1. The van der Waals surface area contributed by atoms with E-state index < -0.39 is 29.0 Å². The molecule has 0 radical (unpaired) electrons. The van der Waals surface area contributed by atoms with Gasteiger partial charge in [0, 0.05) is 26.8 Å². The van der Waals surface area contributed by atoms with Gasteiger partial charge in [-0.1, -0.05) is 0 Å². The van der Waals surface area contributed by atoms with E-state index in [1.807, 2.05) is 0 Å². The van der Waals surface area contributed by atoms with Gasteiger partial charge in [-0.3, -0.25) is 9.79 Å². The molecule has 6 nitrogen and oxygen atoms in total. The maximum atomic E-state index is 13.5. The van der Waals surface area contributed by atoms with Crippen molar-refractivity contribution in [2.24, 2.45) is 10.9 Å². The fourth-order valence-electron chi connectivity index (χ4n) is 2.12. The summed E-state index contributed by atoms with van der Waals surface area (Å²) >= 11 is 0. The van der Waals surface area contributed by atoms with Crippen LogP contribution in [0.2, 0.25) is 0 Å². The minimum atomic E-state index is -1.63. The van der Waals surface area contributed by atoms with Crippen LogP contribution in [0.15, 0.2) is 17.1 Å². The molecular formula is C17H24F3IN4O2. The zero-order valence-corrected chi connectivity index (χ0v) is 17.3. The second kappa shape index (κ2) is 12.0. The number of carbonyl (C=O) groups is 1. The first-order valence-corrected chi connectivity index (χ1v) is 8.47. The predicted molar refractivity (Wildman–Crippen MR) is 108 cm³/mol. The zero-order chi connectivity index (χ0) is 18.9. The van der Waals surface area contributed by atoms with Gasteiger partial charge in [0.2, 0.25) is 5.91 Å². The molecule has 0 bridgehead atoms. The first-order chi connectivity index (χ1) is 12.5. The Morgan fingerprint density at radius 1 is 1.22 bits per heavy atom. The van der Waals surface area contributed by atoms with Gasteiger partial charge >= 0.3 is 0 Å². The highest BCUT2D eigenvalue weighted by molar-refractivity contribution is 14.0. The first kappa shape index (κ1) is 23.5. The Bertz CT molecular complexity index is 657. The lowest BCUT2D eigenvalue weighted by Crippen LogP contribution is -2.42. The van der Waals surface area contributed by atoms with Crippen LogP contribution in [0.3, 0.4) is 0 Å². The molecule has 3 N–H and O–H groups in total. The smallest absolute Gasteiger partial charge is 0.243 e. The number of nitrogens with one attached hydrogen (secondary N) is 3. The number of anilines is 1. The van der Waals surface area contributed by atoms with Gasteiger partial charge in [-0.25, -0.2) is 13.2 Å². The van der Waals surface area contributed by atoms with Gasteiger partial charge in [0.15, 0.2) is 23.4 Å². The van der Waals surface area contributed by atoms with Gasteiger partial charge in [0.05, 0.1) is 12.2 Å². The fourth-order valence-corrected chi connectivity index (χ4v) is 2.12. The average Bonchev–Trinajstić information content (AvgIpc) is 3.45. The van der Waals surface area contributed by atoms with Crippen LogP contribution in [0.1, 0.15) is 19.3 Å². The summed E-state index contributed by atoms with van der Waals surface area (Å²) in [5.74, 6) is -3.87. The molecule has 0 saturated heterocycles. The molecule has 0 aromatic heterocycles. The summed E-state index contributed by atoms with van der Waals surface area (Å²) in [5.41, 5.74) is -0.425. The van der Waals surface area contributed by atoms with E-state index in [9.17, 15) is 18.0 Å². The van der Waals surface area contributed by atoms with E-state index in [0.717, 1.165) is 31.1 Å². The number of rotatable bonds is 9. The molecule has 1 aromatic carbocycles. The number of halogens is 4. The lowest BCUT2D eigenvalue weighted by molar-refractivity contribution is -0.115. The van der Waals surface area contributed by atoms with Crippen molar-refractivity contribution in [3.63, 3.8) is 0 Å². The van der Waals surface area contributed by atoms with Crippen molar-refractivity contribution in [1.29, 1.82) is 0 Å². The number of guanidine groups is 1. The summed E-state index contributed by atoms with van der Waals surface area (Å²) in [7, 11) is 1.55. The van der Waals surface area contributed by atoms with Crippen molar-refractivity contribution < 1.29 is 22.7 Å². The minimum Gasteiger partial charge on any atom is -0.381 e. The highest BCUT2D eigenvalue weighted by atomic mass is 127. The number of nitrogens with zero attached hydrogens (tertiary/aromatic N) is 1. The molecule has 1 amide bonds. The SMILES string of the molecule is CN=C(NCCCOCC1CC1)NCC(=O)Nc1ccc(F)c(F)c1F.I. The molecule has 10 heteroatoms. The van der Waals surface area contributed by atoms with Gasteiger partial charge in [0.25, 0.3) is 0 Å². The third-order valence-corrected chi connectivity index (χ3v) is 3.76. The Morgan fingerprint density at radius 3 is 2.63 bits per heavy atom. The van der Waals surface area contributed by atoms with E-state index in [4.69, 9.17) is 4.74 Å². The third-order valence-electron chi connectivity index (χ3n) is 3.76. The molecule has 27 heavy (non-hydrogen) atoms. The molecule has 2 rings (SSSR count). The van der Waals surface area contributed by atoms with Crippen LogP contribution < -0.4 is 16.0 Å². The normalized spacial score (nSPS) is 13.7. The Kier molecular flexibility index (Phi) is 10.4. The van der Waals surface area contributed by atoms with Crippen LogP contribution >= 0.6 is 24.0 Å². The predicted octanol–water partition coefficient (Wildman–Crippen LogP) is 2.64. The lowest BCUT2D eigenvalue weighted by atomic mass is 10.2. The molecule has 1 fully saturated rings. The van der Waals surface area contributed by atoms with E-state index in [0.29, 0.717) is 19.1 Å². The quantitative estimate of drug-likeness (QED) is 0.160. The lowest BCUT2D eigenvalue weighted by Gasteiger charge is -2.12. The number of hydrogen-bond donors (Lipinski definition) is 3. The van der Waals surface area contributed by atoms with E-state index in [2.05, 4.69) is 20.9 Å². The molecule has 0 aliphatic heterocycles. The summed E-state index contributed by atoms with van der Waals surface area (Å²) in [6.45, 7) is 1.87. The fraction of sp³-hybridized carbons (Fsp3) is 0.529. The summed E-state index contributed by atoms with van der Waals surface area (Å²) in [6.07, 6.45) is 3.30. The number of carbonyl (C=O) groups excluding carboxylic acids is 1. The Labute approximate surface area is 173 Å². The van der Waals surface area contributed by atoms with Crippen LogP contribution in [0, 0.1) is 23.4 Å².